The normalized spacial score (nSPS) is 37.2. The van der Waals surface area contributed by atoms with Crippen LogP contribution in [0.15, 0.2) is 11.1 Å². The number of carboxylic acid groups (broad SMARTS) is 1. The van der Waals surface area contributed by atoms with E-state index in [9.17, 15) is 29.4 Å². The van der Waals surface area contributed by atoms with Crippen molar-refractivity contribution in [2.24, 2.45) is 39.4 Å². The van der Waals surface area contributed by atoms with E-state index in [0.29, 0.717) is 12.3 Å². The first kappa shape index (κ1) is 42.3. The monoisotopic (exact) mass is 758 g/mol. The predicted molar refractivity (Wildman–Crippen MR) is 211 cm³/mol. The number of hydrogen-bond donors (Lipinski definition) is 2. The number of nitrogens with zero attached hydrogens (tertiary/aromatic N) is 2. The minimum absolute atomic E-state index is 0.00323. The first-order valence-electron chi connectivity index (χ1n) is 20.4. The van der Waals surface area contributed by atoms with Crippen LogP contribution in [0.5, 0.6) is 0 Å². The van der Waals surface area contributed by atoms with Gasteiger partial charge in [0.05, 0.1) is 24.5 Å². The molecule has 0 bridgehead atoms. The number of allylic oxidation sites excluding steroid dienone is 1. The lowest BCUT2D eigenvalue weighted by atomic mass is 9.39. The summed E-state index contributed by atoms with van der Waals surface area (Å²) in [7, 11) is 3.24. The maximum Gasteiger partial charge on any atom is 0.309 e. The number of rotatable bonds is 11. The standard InChI is InChI=1S/C43H71N2O7P/c1-26(2)35-29(46)22-43(31(47)24-45(27(3)4)33(48)25-44(12)13)19-18-40(9)28(36(35)43)14-15-30-41(40,10)20-21-53-39(7,8)32(16-17-42(30,53)11)52-34(49)23-38(5,6)37(50)51/h26-28,30-32,47H,14-25H2,1-13H3,(H,50,51). The van der Waals surface area contributed by atoms with Crippen molar-refractivity contribution in [3.8, 4) is 0 Å². The molecule has 2 aliphatic heterocycles. The number of aliphatic hydroxyl groups excluding tert-OH is 1. The molecule has 5 rings (SSSR count). The van der Waals surface area contributed by atoms with Gasteiger partial charge in [-0.3, -0.25) is 19.2 Å². The molecule has 2 N–H and O–H groups in total. The second-order valence-corrected chi connectivity index (χ2v) is 23.9. The molecule has 5 aliphatic rings. The quantitative estimate of drug-likeness (QED) is 0.164. The molecule has 2 saturated heterocycles. The molecule has 300 valence electrons. The molecule has 9 atom stereocenters. The molecule has 53 heavy (non-hydrogen) atoms. The number of carboxylic acids is 1. The van der Waals surface area contributed by atoms with Gasteiger partial charge in [0.2, 0.25) is 5.91 Å². The smallest absolute Gasteiger partial charge is 0.309 e. The van der Waals surface area contributed by atoms with Gasteiger partial charge in [-0.15, -0.1) is 0 Å². The van der Waals surface area contributed by atoms with Crippen LogP contribution >= 0.6 is 7.92 Å². The van der Waals surface area contributed by atoms with Crippen LogP contribution in [0.1, 0.15) is 134 Å². The maximum absolute atomic E-state index is 14.1. The number of carbonyl (C=O) groups is 4. The van der Waals surface area contributed by atoms with Gasteiger partial charge in [-0.05, 0) is 132 Å². The molecule has 10 heteroatoms. The van der Waals surface area contributed by atoms with Crippen LogP contribution in [0, 0.1) is 39.4 Å². The third kappa shape index (κ3) is 6.77. The fourth-order valence-corrected chi connectivity index (χ4v) is 17.3. The fourth-order valence-electron chi connectivity index (χ4n) is 12.5. The SMILES string of the molecule is CC(C)C1=C2C3CCC4C5(C)CCC(OC(=O)CC(C)(C)C(=O)O)C(C)(C)P5CCC4(C)C3(C)CCC2(C(O)CN(C(=O)CN(C)C)C(C)C)CC1=O. The van der Waals surface area contributed by atoms with Crippen LogP contribution in [0.25, 0.3) is 0 Å². The van der Waals surface area contributed by atoms with Crippen LogP contribution in [0.3, 0.4) is 0 Å². The number of Topliss-reactive ketones (excluding diaryl/α,β-unsaturated/α-hetero) is 1. The van der Waals surface area contributed by atoms with Gasteiger partial charge in [0.25, 0.3) is 0 Å². The van der Waals surface area contributed by atoms with E-state index in [4.69, 9.17) is 4.74 Å². The average Bonchev–Trinajstić information content (AvgIpc) is 3.34. The van der Waals surface area contributed by atoms with Crippen molar-refractivity contribution in [3.63, 3.8) is 0 Å². The van der Waals surface area contributed by atoms with E-state index >= 15 is 0 Å². The Bertz CT molecular complexity index is 1520. The van der Waals surface area contributed by atoms with Gasteiger partial charge >= 0.3 is 11.9 Å². The summed E-state index contributed by atoms with van der Waals surface area (Å²) in [6, 6.07) is -0.0665. The molecule has 9 nitrogen and oxygen atoms in total. The van der Waals surface area contributed by atoms with Crippen LogP contribution in [0.4, 0.5) is 0 Å². The second-order valence-electron chi connectivity index (χ2n) is 20.4. The van der Waals surface area contributed by atoms with Gasteiger partial charge in [0.1, 0.15) is 6.10 Å². The molecule has 4 fully saturated rings. The Hall–Kier alpha value is -1.83. The van der Waals surface area contributed by atoms with Gasteiger partial charge in [-0.2, -0.15) is 0 Å². The highest BCUT2D eigenvalue weighted by atomic mass is 31.1. The summed E-state index contributed by atoms with van der Waals surface area (Å²) in [5.74, 6) is -0.501. The minimum atomic E-state index is -1.17. The van der Waals surface area contributed by atoms with E-state index in [-0.39, 0.29) is 76.3 Å². The van der Waals surface area contributed by atoms with E-state index in [2.05, 4.69) is 48.5 Å². The van der Waals surface area contributed by atoms with E-state index in [1.165, 1.54) is 5.57 Å². The van der Waals surface area contributed by atoms with Crippen molar-refractivity contribution >= 4 is 31.6 Å². The minimum Gasteiger partial charge on any atom is -0.481 e. The molecule has 0 aromatic rings. The van der Waals surface area contributed by atoms with Crippen LogP contribution in [-0.4, -0.2) is 106 Å². The average molecular weight is 759 g/mol. The van der Waals surface area contributed by atoms with E-state index in [0.717, 1.165) is 56.7 Å². The molecule has 0 aromatic heterocycles. The Kier molecular flexibility index (Phi) is 11.4. The highest BCUT2D eigenvalue weighted by molar-refractivity contribution is 7.61. The largest absolute Gasteiger partial charge is 0.481 e. The Labute approximate surface area is 321 Å². The summed E-state index contributed by atoms with van der Waals surface area (Å²) in [6.07, 6.45) is 6.80. The van der Waals surface area contributed by atoms with Crippen molar-refractivity contribution in [2.45, 2.75) is 163 Å². The fraction of sp³-hybridized carbons (Fsp3) is 0.860. The van der Waals surface area contributed by atoms with Crippen molar-refractivity contribution in [3.05, 3.63) is 11.1 Å². The molecule has 9 unspecified atom stereocenters. The number of aliphatic carboxylic acids is 1. The summed E-state index contributed by atoms with van der Waals surface area (Å²) in [5.41, 5.74) is 0.309. The van der Waals surface area contributed by atoms with Crippen LogP contribution in [0.2, 0.25) is 0 Å². The van der Waals surface area contributed by atoms with Crippen molar-refractivity contribution in [2.75, 3.05) is 33.3 Å². The molecule has 2 heterocycles. The summed E-state index contributed by atoms with van der Waals surface area (Å²) >= 11 is 0. The number of carbonyl (C=O) groups excluding carboxylic acids is 3. The Morgan fingerprint density at radius 1 is 0.943 bits per heavy atom. The number of amides is 1. The molecular formula is C43H71N2O7P. The van der Waals surface area contributed by atoms with Crippen molar-refractivity contribution in [1.82, 2.24) is 9.80 Å². The predicted octanol–water partition coefficient (Wildman–Crippen LogP) is 7.52. The van der Waals surface area contributed by atoms with Gasteiger partial charge < -0.3 is 24.7 Å². The number of hydrogen-bond acceptors (Lipinski definition) is 7. The third-order valence-corrected chi connectivity index (χ3v) is 19.8. The zero-order valence-corrected chi connectivity index (χ0v) is 36.1. The molecular weight excluding hydrogens is 687 g/mol. The van der Waals surface area contributed by atoms with Gasteiger partial charge in [0.15, 0.2) is 5.78 Å². The van der Waals surface area contributed by atoms with Crippen molar-refractivity contribution < 1.29 is 34.1 Å². The van der Waals surface area contributed by atoms with E-state index in [1.807, 2.05) is 37.7 Å². The first-order valence-corrected chi connectivity index (χ1v) is 21.9. The molecule has 1 amide bonds. The summed E-state index contributed by atoms with van der Waals surface area (Å²) in [4.78, 5) is 56.1. The van der Waals surface area contributed by atoms with Gasteiger partial charge in [-0.1, -0.05) is 62.0 Å². The number of ketones is 1. The highest BCUT2D eigenvalue weighted by Crippen LogP contribution is 2.81. The number of fused-ring (bicyclic) bond motifs is 7. The Morgan fingerprint density at radius 2 is 1.58 bits per heavy atom. The van der Waals surface area contributed by atoms with Crippen LogP contribution < -0.4 is 0 Å². The lowest BCUT2D eigenvalue weighted by Crippen LogP contribution is -2.66. The number of ether oxygens (including phenoxy) is 1. The number of aliphatic hydroxyl groups is 1. The highest BCUT2D eigenvalue weighted by Gasteiger charge is 2.71. The molecule has 0 radical (unpaired) electrons. The third-order valence-electron chi connectivity index (χ3n) is 15.7. The summed E-state index contributed by atoms with van der Waals surface area (Å²) < 4.78 is 6.18. The molecule has 0 spiro atoms. The maximum atomic E-state index is 14.1. The van der Waals surface area contributed by atoms with Crippen molar-refractivity contribution in [1.29, 1.82) is 0 Å². The zero-order chi connectivity index (χ0) is 39.9. The molecule has 0 aromatic carbocycles. The Morgan fingerprint density at radius 3 is 2.15 bits per heavy atom. The lowest BCUT2D eigenvalue weighted by Gasteiger charge is -2.72. The first-order chi connectivity index (χ1) is 24.3. The van der Waals surface area contributed by atoms with Gasteiger partial charge in [0, 0.05) is 29.6 Å². The van der Waals surface area contributed by atoms with E-state index < -0.39 is 36.8 Å². The van der Waals surface area contributed by atoms with Gasteiger partial charge in [-0.25, -0.2) is 0 Å². The summed E-state index contributed by atoms with van der Waals surface area (Å²) in [5, 5.41) is 21.9. The molecule has 2 saturated carbocycles. The number of likely N-dealkylation sites (N-methyl/N-ethyl adjacent to an activating group) is 1. The van der Waals surface area contributed by atoms with Crippen LogP contribution in [-0.2, 0) is 23.9 Å². The topological polar surface area (TPSA) is 124 Å². The second kappa shape index (κ2) is 14.3. The van der Waals surface area contributed by atoms with E-state index in [1.54, 1.807) is 13.8 Å². The summed E-state index contributed by atoms with van der Waals surface area (Å²) in [6.45, 7) is 24.1. The lowest BCUT2D eigenvalue weighted by molar-refractivity contribution is -0.162. The molecule has 3 aliphatic carbocycles. The number of esters is 1. The zero-order valence-electron chi connectivity index (χ0n) is 35.2. The Balaban J connectivity index is 1.46.